The van der Waals surface area contributed by atoms with E-state index in [0.717, 1.165) is 30.5 Å². The minimum absolute atomic E-state index is 0.113. The number of carbonyl (C=O) groups is 1. The van der Waals surface area contributed by atoms with Gasteiger partial charge in [-0.05, 0) is 31.0 Å². The van der Waals surface area contributed by atoms with E-state index in [1.807, 2.05) is 4.57 Å². The lowest BCUT2D eigenvalue weighted by Crippen LogP contribution is -2.59. The van der Waals surface area contributed by atoms with E-state index in [9.17, 15) is 18.3 Å². The third-order valence-electron chi connectivity index (χ3n) is 6.14. The second-order valence-electron chi connectivity index (χ2n) is 8.10. The maximum atomic E-state index is 13.2. The zero-order chi connectivity index (χ0) is 22.7. The number of fused-ring (bicyclic) bond motifs is 4. The predicted octanol–water partition coefficient (Wildman–Crippen LogP) is 0.583. The van der Waals surface area contributed by atoms with E-state index in [4.69, 9.17) is 11.0 Å². The van der Waals surface area contributed by atoms with Gasteiger partial charge in [0.1, 0.15) is 21.9 Å². The number of hydrogen-bond donors (Lipinski definition) is 4. The molecule has 0 radical (unpaired) electrons. The number of aromatic nitrogens is 4. The molecule has 0 bridgehead atoms. The van der Waals surface area contributed by atoms with Crippen LogP contribution in [0.4, 0.5) is 11.8 Å². The summed E-state index contributed by atoms with van der Waals surface area (Å²) >= 11 is 0. The molecule has 13 heteroatoms. The van der Waals surface area contributed by atoms with E-state index in [1.54, 1.807) is 12.3 Å². The zero-order valence-electron chi connectivity index (χ0n) is 17.0. The zero-order valence-corrected chi connectivity index (χ0v) is 17.8. The van der Waals surface area contributed by atoms with Crippen molar-refractivity contribution in [3.63, 3.8) is 0 Å². The van der Waals surface area contributed by atoms with Crippen LogP contribution in [0.25, 0.3) is 11.0 Å². The second-order valence-corrected chi connectivity index (χ2v) is 9.67. The minimum atomic E-state index is -3.85. The number of rotatable bonds is 3. The maximum absolute atomic E-state index is 13.2. The van der Waals surface area contributed by atoms with E-state index in [0.29, 0.717) is 35.4 Å². The molecule has 5 rings (SSSR count). The quantitative estimate of drug-likeness (QED) is 0.322. The highest BCUT2D eigenvalue weighted by molar-refractivity contribution is 7.89. The first-order chi connectivity index (χ1) is 15.2. The molecule has 6 N–H and O–H groups in total. The number of sulfonamides is 1. The fourth-order valence-electron chi connectivity index (χ4n) is 4.61. The average molecular weight is 459 g/mol. The molecule has 32 heavy (non-hydrogen) atoms. The molecule has 1 aliphatic carbocycles. The molecule has 1 unspecified atom stereocenters. The number of primary sulfonamides is 1. The van der Waals surface area contributed by atoms with Crippen molar-refractivity contribution in [3.8, 4) is 0 Å². The predicted molar refractivity (Wildman–Crippen MR) is 113 cm³/mol. The van der Waals surface area contributed by atoms with Gasteiger partial charge in [-0.3, -0.25) is 4.79 Å². The third kappa shape index (κ3) is 3.12. The Kier molecular flexibility index (Phi) is 4.67. The van der Waals surface area contributed by atoms with E-state index < -0.39 is 21.8 Å². The molecule has 0 saturated heterocycles. The molecule has 1 fully saturated rings. The van der Waals surface area contributed by atoms with Crippen molar-refractivity contribution in [2.45, 2.75) is 48.8 Å². The number of anilines is 2. The molecule has 1 atom stereocenters. The average Bonchev–Trinajstić information content (AvgIpc) is 3.16. The van der Waals surface area contributed by atoms with Gasteiger partial charge in [-0.25, -0.2) is 34.4 Å². The molecule has 4 heterocycles. The largest absolute Gasteiger partial charge is 0.367 e. The van der Waals surface area contributed by atoms with Gasteiger partial charge in [-0.1, -0.05) is 19.3 Å². The van der Waals surface area contributed by atoms with E-state index in [-0.39, 0.29) is 16.8 Å². The highest BCUT2D eigenvalue weighted by Crippen LogP contribution is 2.45. The normalized spacial score (nSPS) is 20.5. The molecular formula is C19H22N8O4S. The summed E-state index contributed by atoms with van der Waals surface area (Å²) in [5.41, 5.74) is 0.0942. The first-order valence-corrected chi connectivity index (χ1v) is 11.7. The topological polar surface area (TPSA) is 182 Å². The molecular weight excluding hydrogens is 436 g/mol. The van der Waals surface area contributed by atoms with Crippen LogP contribution in [0, 0.1) is 0 Å². The monoisotopic (exact) mass is 458 g/mol. The van der Waals surface area contributed by atoms with Crippen molar-refractivity contribution in [2.24, 2.45) is 11.0 Å². The Bertz CT molecular complexity index is 1320. The van der Waals surface area contributed by atoms with Crippen molar-refractivity contribution >= 4 is 38.7 Å². The lowest BCUT2D eigenvalue weighted by atomic mass is 9.79. The Balaban J connectivity index is 1.59. The number of pyridine rings is 1. The number of nitrogens with two attached hydrogens (primary N) is 2. The molecule has 1 spiro atoms. The van der Waals surface area contributed by atoms with Crippen LogP contribution in [0.3, 0.4) is 0 Å². The summed E-state index contributed by atoms with van der Waals surface area (Å²) < 4.78 is 24.6. The molecule has 3 aromatic rings. The Labute approximate surface area is 183 Å². The summed E-state index contributed by atoms with van der Waals surface area (Å²) in [5, 5.41) is 20.2. The van der Waals surface area contributed by atoms with Gasteiger partial charge in [0.25, 0.3) is 5.91 Å². The van der Waals surface area contributed by atoms with Crippen molar-refractivity contribution in [3.05, 3.63) is 36.3 Å². The van der Waals surface area contributed by atoms with Gasteiger partial charge in [0.15, 0.2) is 6.23 Å². The van der Waals surface area contributed by atoms with Crippen LogP contribution in [0.1, 0.15) is 44.0 Å². The summed E-state index contributed by atoms with van der Waals surface area (Å²) in [5.74, 6) is 6.14. The number of hydrogen-bond acceptors (Lipinski definition) is 9. The molecule has 1 amide bonds. The van der Waals surface area contributed by atoms with Crippen LogP contribution < -0.4 is 16.3 Å². The van der Waals surface area contributed by atoms with Gasteiger partial charge in [-0.15, -0.1) is 0 Å². The Morgan fingerprint density at radius 2 is 1.91 bits per heavy atom. The summed E-state index contributed by atoms with van der Waals surface area (Å²) in [6, 6.07) is 4.51. The summed E-state index contributed by atoms with van der Waals surface area (Å²) in [4.78, 5) is 26.0. The number of amides is 1. The van der Waals surface area contributed by atoms with Crippen LogP contribution in [-0.2, 0) is 20.4 Å². The number of nitrogens with zero attached hydrogens (tertiary/aromatic N) is 5. The van der Waals surface area contributed by atoms with Crippen LogP contribution >= 0.6 is 0 Å². The number of aliphatic hydroxyl groups excluding tert-OH is 1. The van der Waals surface area contributed by atoms with Crippen molar-refractivity contribution in [1.82, 2.24) is 24.5 Å². The van der Waals surface area contributed by atoms with Gasteiger partial charge < -0.3 is 15.0 Å². The number of aliphatic hydroxyl groups is 1. The van der Waals surface area contributed by atoms with E-state index >= 15 is 0 Å². The maximum Gasteiger partial charge on any atom is 0.265 e. The lowest BCUT2D eigenvalue weighted by Gasteiger charge is -2.46. The highest BCUT2D eigenvalue weighted by atomic mass is 32.2. The molecule has 0 aromatic carbocycles. The van der Waals surface area contributed by atoms with Crippen LogP contribution in [0.5, 0.6) is 0 Å². The molecule has 1 aliphatic heterocycles. The number of hydrazine groups is 1. The third-order valence-corrected chi connectivity index (χ3v) is 7.04. The van der Waals surface area contributed by atoms with Crippen molar-refractivity contribution in [1.29, 1.82) is 0 Å². The van der Waals surface area contributed by atoms with Gasteiger partial charge in [-0.2, -0.15) is 4.98 Å². The fraction of sp³-hybridized carbons (Fsp3) is 0.368. The number of nitrogens with one attached hydrogen (secondary N) is 1. The smallest absolute Gasteiger partial charge is 0.265 e. The highest BCUT2D eigenvalue weighted by Gasteiger charge is 2.51. The van der Waals surface area contributed by atoms with Crippen molar-refractivity contribution in [2.75, 3.05) is 5.32 Å². The summed E-state index contributed by atoms with van der Waals surface area (Å²) in [7, 11) is -3.85. The van der Waals surface area contributed by atoms with Gasteiger partial charge in [0.2, 0.25) is 16.0 Å². The van der Waals surface area contributed by atoms with Crippen LogP contribution in [0.2, 0.25) is 0 Å². The van der Waals surface area contributed by atoms with Gasteiger partial charge in [0.05, 0.1) is 5.69 Å². The molecule has 12 nitrogen and oxygen atoms in total. The second kappa shape index (κ2) is 7.20. The van der Waals surface area contributed by atoms with E-state index in [2.05, 4.69) is 20.3 Å². The first-order valence-electron chi connectivity index (χ1n) is 10.1. The molecule has 1 saturated carbocycles. The van der Waals surface area contributed by atoms with Crippen LogP contribution in [0.15, 0.2) is 35.5 Å². The minimum Gasteiger partial charge on any atom is -0.367 e. The van der Waals surface area contributed by atoms with Crippen LogP contribution in [-0.4, -0.2) is 44.0 Å². The molecule has 2 aliphatic rings. The number of carbonyl (C=O) groups excluding carboxylic acids is 1. The summed E-state index contributed by atoms with van der Waals surface area (Å²) in [6.07, 6.45) is 5.40. The lowest BCUT2D eigenvalue weighted by molar-refractivity contribution is -0.161. The SMILES string of the molecule is NN1C(=O)C2(CCCCC2)n2c(cc3cnc(Nc4ccc(S(N)(=O)=O)cn4)nc32)C1O. The Morgan fingerprint density at radius 3 is 2.56 bits per heavy atom. The van der Waals surface area contributed by atoms with E-state index in [1.165, 1.54) is 12.1 Å². The van der Waals surface area contributed by atoms with Crippen molar-refractivity contribution < 1.29 is 18.3 Å². The first kappa shape index (κ1) is 20.8. The Morgan fingerprint density at radius 1 is 1.16 bits per heavy atom. The fourth-order valence-corrected chi connectivity index (χ4v) is 5.07. The molecule has 3 aromatic heterocycles. The molecule has 168 valence electrons. The Hall–Kier alpha value is -3.13. The van der Waals surface area contributed by atoms with Gasteiger partial charge in [0, 0.05) is 17.8 Å². The summed E-state index contributed by atoms with van der Waals surface area (Å²) in [6.45, 7) is 0. The van der Waals surface area contributed by atoms with Gasteiger partial charge >= 0.3 is 0 Å². The standard InChI is InChI=1S/C19H22N8O4S/c20-27-16(28)13-8-11-9-23-18(24-14-5-4-12(10-22-14)32(21,30)31)25-15(11)26(13)19(17(27)29)6-2-1-3-7-19/h4-5,8-10,16,28H,1-3,6-7,20H2,(H2,21,30,31)(H,22,23,24,25).